The summed E-state index contributed by atoms with van der Waals surface area (Å²) in [6, 6.07) is 5.40. The van der Waals surface area contributed by atoms with Crippen LogP contribution in [-0.4, -0.2) is 52.7 Å². The molecule has 4 N–H and O–H groups in total. The lowest BCUT2D eigenvalue weighted by molar-refractivity contribution is 0.205. The van der Waals surface area contributed by atoms with Crippen molar-refractivity contribution in [1.29, 1.82) is 0 Å². The van der Waals surface area contributed by atoms with E-state index in [4.69, 9.17) is 22.6 Å². The SMILES string of the molecule is O=S(=O)(O)O.O=[SH](=O)Nc1ccccc1S(=O)(=O)OCCO. The number of para-hydroxylation sites is 1. The smallest absolute Gasteiger partial charge is 0.394 e. The zero-order valence-electron chi connectivity index (χ0n) is 10.7. The highest BCUT2D eigenvalue weighted by atomic mass is 32.3. The van der Waals surface area contributed by atoms with Crippen LogP contribution in [0.5, 0.6) is 0 Å². The predicted molar refractivity (Wildman–Crippen MR) is 74.8 cm³/mol. The minimum absolute atomic E-state index is 0.0958. The van der Waals surface area contributed by atoms with Crippen LogP contribution in [0.1, 0.15) is 0 Å². The molecule has 22 heavy (non-hydrogen) atoms. The van der Waals surface area contributed by atoms with Crippen molar-refractivity contribution in [3.63, 3.8) is 0 Å². The number of nitrogens with one attached hydrogen (secondary N) is 1. The summed E-state index contributed by atoms with van der Waals surface area (Å²) in [5, 5.41) is 8.49. The van der Waals surface area contributed by atoms with Crippen LogP contribution in [0.3, 0.4) is 0 Å². The summed E-state index contributed by atoms with van der Waals surface area (Å²) in [6.07, 6.45) is 0. The first kappa shape index (κ1) is 20.7. The minimum atomic E-state index is -4.67. The summed E-state index contributed by atoms with van der Waals surface area (Å²) in [7, 11) is -11.7. The van der Waals surface area contributed by atoms with E-state index in [0.29, 0.717) is 0 Å². The van der Waals surface area contributed by atoms with E-state index in [1.807, 2.05) is 4.72 Å². The van der Waals surface area contributed by atoms with Gasteiger partial charge in [-0.25, -0.2) is 8.42 Å². The van der Waals surface area contributed by atoms with Crippen molar-refractivity contribution in [1.82, 2.24) is 0 Å². The van der Waals surface area contributed by atoms with Crippen LogP contribution >= 0.6 is 0 Å². The summed E-state index contributed by atoms with van der Waals surface area (Å²) >= 11 is 0. The summed E-state index contributed by atoms with van der Waals surface area (Å²) in [5.41, 5.74) is -0.0958. The molecular weight excluding hydrogens is 366 g/mol. The summed E-state index contributed by atoms with van der Waals surface area (Å²) in [6.45, 7) is -0.842. The van der Waals surface area contributed by atoms with Crippen LogP contribution in [0.25, 0.3) is 0 Å². The average Bonchev–Trinajstić information content (AvgIpc) is 2.34. The van der Waals surface area contributed by atoms with Crippen molar-refractivity contribution in [2.45, 2.75) is 4.90 Å². The van der Waals surface area contributed by atoms with Crippen LogP contribution in [0.15, 0.2) is 29.2 Å². The van der Waals surface area contributed by atoms with Gasteiger partial charge in [-0.15, -0.1) is 0 Å². The van der Waals surface area contributed by atoms with Crippen molar-refractivity contribution in [2.24, 2.45) is 0 Å². The van der Waals surface area contributed by atoms with Crippen LogP contribution < -0.4 is 4.72 Å². The van der Waals surface area contributed by atoms with Gasteiger partial charge in [0.25, 0.3) is 10.1 Å². The van der Waals surface area contributed by atoms with Gasteiger partial charge in [0.15, 0.2) is 0 Å². The third kappa shape index (κ3) is 9.61. The maximum absolute atomic E-state index is 11.6. The second-order valence-corrected chi connectivity index (χ2v) is 6.53. The molecule has 0 saturated heterocycles. The Morgan fingerprint density at radius 3 is 2.05 bits per heavy atom. The molecule has 0 aromatic heterocycles. The molecule has 0 aliphatic carbocycles. The Kier molecular flexibility index (Phi) is 8.46. The van der Waals surface area contributed by atoms with E-state index in [1.165, 1.54) is 24.3 Å². The molecule has 0 unspecified atom stereocenters. The molecule has 0 spiro atoms. The van der Waals surface area contributed by atoms with E-state index in [1.54, 1.807) is 0 Å². The van der Waals surface area contributed by atoms with E-state index in [9.17, 15) is 16.8 Å². The average molecular weight is 379 g/mol. The highest BCUT2D eigenvalue weighted by Gasteiger charge is 2.19. The van der Waals surface area contributed by atoms with Gasteiger partial charge >= 0.3 is 10.4 Å². The van der Waals surface area contributed by atoms with E-state index >= 15 is 0 Å². The fraction of sp³-hybridized carbons (Fsp3) is 0.250. The van der Waals surface area contributed by atoms with Gasteiger partial charge in [-0.1, -0.05) is 12.1 Å². The first-order valence-electron chi connectivity index (χ1n) is 5.17. The second kappa shape index (κ2) is 8.99. The highest BCUT2D eigenvalue weighted by molar-refractivity contribution is 7.87. The zero-order valence-corrected chi connectivity index (χ0v) is 13.2. The highest BCUT2D eigenvalue weighted by Crippen LogP contribution is 2.22. The van der Waals surface area contributed by atoms with Crippen molar-refractivity contribution in [2.75, 3.05) is 17.9 Å². The van der Waals surface area contributed by atoms with Gasteiger partial charge in [-0.2, -0.15) is 16.8 Å². The molecule has 128 valence electrons. The van der Waals surface area contributed by atoms with Crippen LogP contribution in [0.2, 0.25) is 0 Å². The molecule has 0 saturated carbocycles. The molecule has 14 heteroatoms. The molecule has 11 nitrogen and oxygen atoms in total. The molecule has 0 heterocycles. The van der Waals surface area contributed by atoms with Gasteiger partial charge in [-0.3, -0.25) is 18.0 Å². The summed E-state index contributed by atoms with van der Waals surface area (Å²) < 4.78 is 82.3. The number of thiol groups is 1. The Labute approximate surface area is 128 Å². The monoisotopic (exact) mass is 379 g/mol. The number of aliphatic hydroxyl groups excluding tert-OH is 1. The summed E-state index contributed by atoms with van der Waals surface area (Å²) in [5.74, 6) is 0. The molecule has 1 aromatic rings. The van der Waals surface area contributed by atoms with Crippen LogP contribution in [-0.2, 0) is 35.6 Å². The lowest BCUT2D eigenvalue weighted by Crippen LogP contribution is -2.12. The van der Waals surface area contributed by atoms with Crippen molar-refractivity contribution in [3.05, 3.63) is 24.3 Å². The van der Waals surface area contributed by atoms with Gasteiger partial charge in [0.1, 0.15) is 4.90 Å². The topological polar surface area (TPSA) is 184 Å². The van der Waals surface area contributed by atoms with E-state index in [0.717, 1.165) is 0 Å². The van der Waals surface area contributed by atoms with Crippen LogP contribution in [0.4, 0.5) is 5.69 Å². The molecule has 0 atom stereocenters. The Morgan fingerprint density at radius 2 is 1.59 bits per heavy atom. The quantitative estimate of drug-likeness (QED) is 0.225. The van der Waals surface area contributed by atoms with Crippen molar-refractivity contribution in [3.8, 4) is 0 Å². The number of benzene rings is 1. The van der Waals surface area contributed by atoms with Gasteiger partial charge in [0, 0.05) is 0 Å². The predicted octanol–water partition coefficient (Wildman–Crippen LogP) is -1.33. The molecule has 0 bridgehead atoms. The van der Waals surface area contributed by atoms with E-state index < -0.39 is 38.0 Å². The van der Waals surface area contributed by atoms with Gasteiger partial charge < -0.3 is 5.11 Å². The Morgan fingerprint density at radius 1 is 1.09 bits per heavy atom. The van der Waals surface area contributed by atoms with Gasteiger partial charge in [-0.05, 0) is 12.1 Å². The molecule has 0 fully saturated rings. The Balaban J connectivity index is 0.000000763. The largest absolute Gasteiger partial charge is 0.394 e. The van der Waals surface area contributed by atoms with E-state index in [2.05, 4.69) is 4.18 Å². The number of aliphatic hydroxyl groups is 1. The fourth-order valence-corrected chi connectivity index (χ4v) is 2.61. The number of anilines is 1. The van der Waals surface area contributed by atoms with Crippen molar-refractivity contribution >= 4 is 37.1 Å². The molecule has 1 rings (SSSR count). The fourth-order valence-electron chi connectivity index (χ4n) is 1.09. The number of hydrogen-bond donors (Lipinski definition) is 5. The summed E-state index contributed by atoms with van der Waals surface area (Å²) in [4.78, 5) is -0.298. The zero-order chi connectivity index (χ0) is 17.4. The lowest BCUT2D eigenvalue weighted by Gasteiger charge is -2.08. The first-order valence-corrected chi connectivity index (χ1v) is 9.16. The molecule has 1 aromatic carbocycles. The standard InChI is InChI=1S/C8H11NO6S2.H2O4S/c10-5-6-15-17(13,14)8-4-2-1-3-7(8)9-16(11)12;1-5(2,3)4/h1-4,10,16H,5-6H2,(H,9,11,12);(H2,1,2,3,4). The molecule has 0 amide bonds. The van der Waals surface area contributed by atoms with Crippen molar-refractivity contribution < 1.29 is 43.6 Å². The Bertz CT molecular complexity index is 736. The molecule has 0 aliphatic rings. The Hall–Kier alpha value is -1.29. The number of hydrogen-bond acceptors (Lipinski definition) is 8. The maximum atomic E-state index is 11.6. The minimum Gasteiger partial charge on any atom is -0.394 e. The van der Waals surface area contributed by atoms with Gasteiger partial charge in [0.2, 0.25) is 10.9 Å². The molecular formula is C8H13NO10S3. The van der Waals surface area contributed by atoms with Crippen LogP contribution in [0, 0.1) is 0 Å². The third-order valence-corrected chi connectivity index (χ3v) is 3.49. The second-order valence-electron chi connectivity index (χ2n) is 3.31. The first-order chi connectivity index (χ1) is 9.97. The van der Waals surface area contributed by atoms with E-state index in [-0.39, 0.29) is 17.2 Å². The lowest BCUT2D eigenvalue weighted by atomic mass is 10.3. The molecule has 0 aliphatic heterocycles. The normalized spacial score (nSPS) is 11.6. The number of rotatable bonds is 6. The molecule has 0 radical (unpaired) electrons. The van der Waals surface area contributed by atoms with Gasteiger partial charge in [0.05, 0.1) is 18.9 Å². The maximum Gasteiger partial charge on any atom is 0.394 e. The third-order valence-electron chi connectivity index (χ3n) is 1.70.